The predicted molar refractivity (Wildman–Crippen MR) is 76.2 cm³/mol. The van der Waals surface area contributed by atoms with Gasteiger partial charge in [0.1, 0.15) is 0 Å². The predicted octanol–water partition coefficient (Wildman–Crippen LogP) is 4.72. The highest BCUT2D eigenvalue weighted by molar-refractivity contribution is 5.21. The molecule has 1 aromatic heterocycles. The van der Waals surface area contributed by atoms with E-state index in [-0.39, 0.29) is 0 Å². The molecule has 2 rings (SSSR count). The monoisotopic (exact) mass is 229 g/mol. The molecule has 1 heterocycles. The molecular formula is C16H23N. The molecule has 17 heavy (non-hydrogen) atoms. The standard InChI is InChI=1S/C12H11N.2C2H6/c1-2-6-11(7-3-1)10-12-8-4-5-9-13-12;2*1-2/h1-9H,10H2;2*1-2H3. The molecule has 0 atom stereocenters. The molecule has 0 unspecified atom stereocenters. The third kappa shape index (κ3) is 6.52. The fourth-order valence-electron chi connectivity index (χ4n) is 1.31. The van der Waals surface area contributed by atoms with Crippen LogP contribution in [0.15, 0.2) is 54.7 Å². The first-order chi connectivity index (χ1) is 8.45. The van der Waals surface area contributed by atoms with Crippen LogP contribution in [-0.4, -0.2) is 4.98 Å². The van der Waals surface area contributed by atoms with Crippen LogP contribution in [0.3, 0.4) is 0 Å². The average molecular weight is 229 g/mol. The van der Waals surface area contributed by atoms with Crippen LogP contribution >= 0.6 is 0 Å². The molecule has 0 bridgehead atoms. The van der Waals surface area contributed by atoms with Gasteiger partial charge in [-0.05, 0) is 17.7 Å². The van der Waals surface area contributed by atoms with Crippen molar-refractivity contribution in [2.24, 2.45) is 0 Å². The zero-order valence-electron chi connectivity index (χ0n) is 11.4. The molecule has 1 heteroatoms. The van der Waals surface area contributed by atoms with Gasteiger partial charge in [-0.15, -0.1) is 0 Å². The second-order valence-electron chi connectivity index (χ2n) is 2.98. The lowest BCUT2D eigenvalue weighted by Gasteiger charge is -1.99. The minimum absolute atomic E-state index is 0.918. The van der Waals surface area contributed by atoms with E-state index in [0.29, 0.717) is 0 Å². The van der Waals surface area contributed by atoms with Gasteiger partial charge in [-0.3, -0.25) is 4.98 Å². The van der Waals surface area contributed by atoms with Crippen LogP contribution < -0.4 is 0 Å². The molecule has 0 fully saturated rings. The summed E-state index contributed by atoms with van der Waals surface area (Å²) in [5.74, 6) is 0. The van der Waals surface area contributed by atoms with Crippen molar-refractivity contribution in [1.29, 1.82) is 0 Å². The Kier molecular flexibility index (Phi) is 9.83. The SMILES string of the molecule is CC.CC.c1ccc(Cc2ccccn2)cc1. The second-order valence-corrected chi connectivity index (χ2v) is 2.98. The Labute approximate surface area is 106 Å². The van der Waals surface area contributed by atoms with E-state index in [9.17, 15) is 0 Å². The molecule has 0 spiro atoms. The third-order valence-corrected chi connectivity index (χ3v) is 1.95. The molecule has 1 aromatic carbocycles. The minimum Gasteiger partial charge on any atom is -0.261 e. The van der Waals surface area contributed by atoms with Gasteiger partial charge in [0.25, 0.3) is 0 Å². The van der Waals surface area contributed by atoms with Crippen LogP contribution in [0.25, 0.3) is 0 Å². The lowest BCUT2D eigenvalue weighted by atomic mass is 10.1. The number of rotatable bonds is 2. The molecular weight excluding hydrogens is 206 g/mol. The average Bonchev–Trinajstić information content (AvgIpc) is 2.45. The van der Waals surface area contributed by atoms with Crippen LogP contribution in [0.1, 0.15) is 39.0 Å². The van der Waals surface area contributed by atoms with Gasteiger partial charge in [0, 0.05) is 18.3 Å². The highest BCUT2D eigenvalue weighted by Crippen LogP contribution is 2.05. The fraction of sp³-hybridized carbons (Fsp3) is 0.312. The van der Waals surface area contributed by atoms with Crippen LogP contribution in [0.2, 0.25) is 0 Å². The molecule has 2 aromatic rings. The van der Waals surface area contributed by atoms with Gasteiger partial charge in [0.15, 0.2) is 0 Å². The quantitative estimate of drug-likeness (QED) is 0.725. The van der Waals surface area contributed by atoms with Crippen LogP contribution in [0, 0.1) is 0 Å². The van der Waals surface area contributed by atoms with E-state index in [1.54, 1.807) is 0 Å². The van der Waals surface area contributed by atoms with Crippen molar-refractivity contribution >= 4 is 0 Å². The normalized spacial score (nSPS) is 8.24. The molecule has 0 saturated heterocycles. The van der Waals surface area contributed by atoms with Gasteiger partial charge in [-0.1, -0.05) is 64.1 Å². The second kappa shape index (κ2) is 10.9. The van der Waals surface area contributed by atoms with Gasteiger partial charge >= 0.3 is 0 Å². The van der Waals surface area contributed by atoms with Gasteiger partial charge in [-0.25, -0.2) is 0 Å². The van der Waals surface area contributed by atoms with E-state index in [4.69, 9.17) is 0 Å². The van der Waals surface area contributed by atoms with E-state index in [1.165, 1.54) is 5.56 Å². The van der Waals surface area contributed by atoms with Crippen LogP contribution in [0.4, 0.5) is 0 Å². The maximum absolute atomic E-state index is 4.27. The number of benzene rings is 1. The van der Waals surface area contributed by atoms with Crippen molar-refractivity contribution in [1.82, 2.24) is 4.98 Å². The fourth-order valence-corrected chi connectivity index (χ4v) is 1.31. The molecule has 0 saturated carbocycles. The number of hydrogen-bond donors (Lipinski definition) is 0. The highest BCUT2D eigenvalue weighted by Gasteiger charge is 1.94. The smallest absolute Gasteiger partial charge is 0.0447 e. The number of hydrogen-bond acceptors (Lipinski definition) is 1. The largest absolute Gasteiger partial charge is 0.261 e. The summed E-state index contributed by atoms with van der Waals surface area (Å²) in [6.45, 7) is 8.00. The molecule has 1 nitrogen and oxygen atoms in total. The molecule has 0 aliphatic carbocycles. The number of pyridine rings is 1. The highest BCUT2D eigenvalue weighted by atomic mass is 14.7. The maximum atomic E-state index is 4.27. The topological polar surface area (TPSA) is 12.9 Å². The molecule has 0 amide bonds. The summed E-state index contributed by atoms with van der Waals surface area (Å²) in [4.78, 5) is 4.27. The molecule has 0 aliphatic heterocycles. The van der Waals surface area contributed by atoms with E-state index in [2.05, 4.69) is 29.2 Å². The molecule has 0 aliphatic rings. The molecule has 0 N–H and O–H groups in total. The van der Waals surface area contributed by atoms with Crippen molar-refractivity contribution in [2.45, 2.75) is 34.1 Å². The van der Waals surface area contributed by atoms with Crippen LogP contribution in [0.5, 0.6) is 0 Å². The summed E-state index contributed by atoms with van der Waals surface area (Å²) < 4.78 is 0. The Morgan fingerprint density at radius 1 is 0.765 bits per heavy atom. The Morgan fingerprint density at radius 2 is 1.35 bits per heavy atom. The van der Waals surface area contributed by atoms with Crippen molar-refractivity contribution in [2.75, 3.05) is 0 Å². The first kappa shape index (κ1) is 15.4. The zero-order chi connectivity index (χ0) is 12.9. The Hall–Kier alpha value is -1.63. The summed E-state index contributed by atoms with van der Waals surface area (Å²) in [6.07, 6.45) is 2.75. The summed E-state index contributed by atoms with van der Waals surface area (Å²) in [5.41, 5.74) is 2.43. The summed E-state index contributed by atoms with van der Waals surface area (Å²) in [6, 6.07) is 16.4. The Bertz CT molecular complexity index is 316. The van der Waals surface area contributed by atoms with E-state index in [1.807, 2.05) is 58.2 Å². The molecule has 92 valence electrons. The summed E-state index contributed by atoms with van der Waals surface area (Å²) in [7, 11) is 0. The van der Waals surface area contributed by atoms with Gasteiger partial charge in [0.2, 0.25) is 0 Å². The third-order valence-electron chi connectivity index (χ3n) is 1.95. The van der Waals surface area contributed by atoms with Crippen molar-refractivity contribution < 1.29 is 0 Å². The zero-order valence-corrected chi connectivity index (χ0v) is 11.4. The summed E-state index contributed by atoms with van der Waals surface area (Å²) >= 11 is 0. The number of nitrogens with zero attached hydrogens (tertiary/aromatic N) is 1. The Morgan fingerprint density at radius 3 is 1.88 bits per heavy atom. The van der Waals surface area contributed by atoms with E-state index in [0.717, 1.165) is 12.1 Å². The van der Waals surface area contributed by atoms with Crippen molar-refractivity contribution in [3.8, 4) is 0 Å². The summed E-state index contributed by atoms with van der Waals surface area (Å²) in [5, 5.41) is 0. The van der Waals surface area contributed by atoms with E-state index < -0.39 is 0 Å². The maximum Gasteiger partial charge on any atom is 0.0447 e. The first-order valence-corrected chi connectivity index (χ1v) is 6.39. The van der Waals surface area contributed by atoms with Crippen molar-refractivity contribution in [3.05, 3.63) is 66.0 Å². The van der Waals surface area contributed by atoms with Crippen LogP contribution in [-0.2, 0) is 6.42 Å². The number of aromatic nitrogens is 1. The van der Waals surface area contributed by atoms with Gasteiger partial charge in [0.05, 0.1) is 0 Å². The van der Waals surface area contributed by atoms with Gasteiger partial charge < -0.3 is 0 Å². The van der Waals surface area contributed by atoms with E-state index >= 15 is 0 Å². The lowest BCUT2D eigenvalue weighted by molar-refractivity contribution is 1.07. The minimum atomic E-state index is 0.918. The molecule has 0 radical (unpaired) electrons. The first-order valence-electron chi connectivity index (χ1n) is 6.39. The lowest BCUT2D eigenvalue weighted by Crippen LogP contribution is -1.89. The van der Waals surface area contributed by atoms with Gasteiger partial charge in [-0.2, -0.15) is 0 Å². The Balaban J connectivity index is 0.000000581. The van der Waals surface area contributed by atoms with Crippen molar-refractivity contribution in [3.63, 3.8) is 0 Å².